The van der Waals surface area contributed by atoms with E-state index in [4.69, 9.17) is 0 Å². The molecular weight excluding hydrogens is 292 g/mol. The fourth-order valence-electron chi connectivity index (χ4n) is 1.94. The van der Waals surface area contributed by atoms with Crippen LogP contribution in [0.1, 0.15) is 42.5 Å². The van der Waals surface area contributed by atoms with Crippen LogP contribution in [0.3, 0.4) is 0 Å². The smallest absolute Gasteiger partial charge is 0.255 e. The van der Waals surface area contributed by atoms with Crippen LogP contribution in [0.25, 0.3) is 0 Å². The van der Waals surface area contributed by atoms with Crippen molar-refractivity contribution in [3.8, 4) is 0 Å². The second-order valence-electron chi connectivity index (χ2n) is 6.54. The van der Waals surface area contributed by atoms with Gasteiger partial charge in [-0.25, -0.2) is 0 Å². The van der Waals surface area contributed by atoms with Crippen molar-refractivity contribution in [1.29, 1.82) is 0 Å². The van der Waals surface area contributed by atoms with Gasteiger partial charge in [0.2, 0.25) is 5.91 Å². The van der Waals surface area contributed by atoms with E-state index in [9.17, 15) is 9.59 Å². The van der Waals surface area contributed by atoms with Crippen LogP contribution in [-0.2, 0) is 4.79 Å². The Kier molecular flexibility index (Phi) is 4.54. The van der Waals surface area contributed by atoms with Crippen molar-refractivity contribution < 1.29 is 9.59 Å². The fourth-order valence-corrected chi connectivity index (χ4v) is 1.94. The number of nitrogens with one attached hydrogen (secondary N) is 3. The highest BCUT2D eigenvalue weighted by atomic mass is 16.2. The van der Waals surface area contributed by atoms with Gasteiger partial charge in [0.1, 0.15) is 0 Å². The molecule has 122 valence electrons. The summed E-state index contributed by atoms with van der Waals surface area (Å²) in [7, 11) is 0. The van der Waals surface area contributed by atoms with Crippen molar-refractivity contribution in [3.63, 3.8) is 0 Å². The second kappa shape index (κ2) is 6.24. The minimum Gasteiger partial charge on any atom is -0.326 e. The zero-order chi connectivity index (χ0) is 17.2. The maximum atomic E-state index is 12.3. The number of benzene rings is 1. The highest BCUT2D eigenvalue weighted by Crippen LogP contribution is 2.20. The number of aromatic nitrogens is 2. The number of carbonyl (C=O) groups excluding carboxylic acids is 2. The average Bonchev–Trinajstić information content (AvgIpc) is 2.79. The first-order chi connectivity index (χ1) is 10.7. The van der Waals surface area contributed by atoms with Gasteiger partial charge in [-0.1, -0.05) is 20.8 Å². The number of amides is 2. The van der Waals surface area contributed by atoms with Crippen LogP contribution >= 0.6 is 0 Å². The van der Waals surface area contributed by atoms with Crippen LogP contribution in [0.4, 0.5) is 11.4 Å². The van der Waals surface area contributed by atoms with Crippen LogP contribution in [-0.4, -0.2) is 22.0 Å². The van der Waals surface area contributed by atoms with E-state index in [1.807, 2.05) is 34.6 Å². The maximum Gasteiger partial charge on any atom is 0.255 e. The minimum atomic E-state index is -0.466. The number of H-pyrrole nitrogens is 1. The normalized spacial score (nSPS) is 11.2. The van der Waals surface area contributed by atoms with Crippen molar-refractivity contribution in [2.45, 2.75) is 34.6 Å². The third-order valence-corrected chi connectivity index (χ3v) is 3.45. The van der Waals surface area contributed by atoms with Crippen molar-refractivity contribution in [3.05, 3.63) is 41.2 Å². The molecule has 2 aromatic rings. The highest BCUT2D eigenvalue weighted by Gasteiger charge is 2.21. The molecule has 0 atom stereocenters. The molecule has 6 nitrogen and oxygen atoms in total. The third kappa shape index (κ3) is 3.97. The topological polar surface area (TPSA) is 86.9 Å². The molecule has 0 radical (unpaired) electrons. The van der Waals surface area contributed by atoms with Crippen molar-refractivity contribution >= 4 is 23.2 Å². The van der Waals surface area contributed by atoms with Crippen molar-refractivity contribution in [1.82, 2.24) is 10.2 Å². The number of aryl methyl sites for hydroxylation is 2. The van der Waals surface area contributed by atoms with E-state index in [0.29, 0.717) is 16.9 Å². The molecular formula is C17H22N4O2. The van der Waals surface area contributed by atoms with Gasteiger partial charge in [0.25, 0.3) is 5.91 Å². The summed E-state index contributed by atoms with van der Waals surface area (Å²) in [5, 5.41) is 12.5. The lowest BCUT2D eigenvalue weighted by Gasteiger charge is -2.17. The summed E-state index contributed by atoms with van der Waals surface area (Å²) in [6.45, 7) is 9.21. The lowest BCUT2D eigenvalue weighted by molar-refractivity contribution is -0.123. The van der Waals surface area contributed by atoms with E-state index in [-0.39, 0.29) is 11.8 Å². The zero-order valence-electron chi connectivity index (χ0n) is 14.1. The standard InChI is InChI=1S/C17H22N4O2/c1-10-14(11(2)21-20-10)19-15(22)12-6-8-13(9-7-12)18-16(23)17(3,4)5/h6-9H,1-5H3,(H,18,23)(H,19,22)(H,20,21). The molecule has 1 aromatic heterocycles. The van der Waals surface area contributed by atoms with Gasteiger partial charge >= 0.3 is 0 Å². The Labute approximate surface area is 135 Å². The molecule has 0 aliphatic heterocycles. The van der Waals surface area contributed by atoms with Gasteiger partial charge in [0, 0.05) is 16.7 Å². The lowest BCUT2D eigenvalue weighted by Crippen LogP contribution is -2.27. The van der Waals surface area contributed by atoms with Crippen LogP contribution in [0.2, 0.25) is 0 Å². The summed E-state index contributed by atoms with van der Waals surface area (Å²) in [5.41, 5.74) is 2.96. The van der Waals surface area contributed by atoms with E-state index in [2.05, 4.69) is 20.8 Å². The molecule has 1 heterocycles. The average molecular weight is 314 g/mol. The number of hydrogen-bond donors (Lipinski definition) is 3. The molecule has 1 aromatic carbocycles. The largest absolute Gasteiger partial charge is 0.326 e. The quantitative estimate of drug-likeness (QED) is 0.812. The van der Waals surface area contributed by atoms with Gasteiger partial charge in [0.15, 0.2) is 0 Å². The van der Waals surface area contributed by atoms with Gasteiger partial charge in [-0.3, -0.25) is 14.7 Å². The van der Waals surface area contributed by atoms with Crippen molar-refractivity contribution in [2.75, 3.05) is 10.6 Å². The lowest BCUT2D eigenvalue weighted by atomic mass is 9.95. The monoisotopic (exact) mass is 314 g/mol. The zero-order valence-corrected chi connectivity index (χ0v) is 14.1. The SMILES string of the molecule is Cc1n[nH]c(C)c1NC(=O)c1ccc(NC(=O)C(C)(C)C)cc1. The number of anilines is 2. The van der Waals surface area contributed by atoms with Gasteiger partial charge in [-0.05, 0) is 38.1 Å². The Morgan fingerprint density at radius 2 is 1.65 bits per heavy atom. The number of aromatic amines is 1. The van der Waals surface area contributed by atoms with Crippen molar-refractivity contribution in [2.24, 2.45) is 5.41 Å². The van der Waals surface area contributed by atoms with E-state index in [1.165, 1.54) is 0 Å². The number of nitrogens with zero attached hydrogens (tertiary/aromatic N) is 1. The summed E-state index contributed by atoms with van der Waals surface area (Å²) in [4.78, 5) is 24.2. The molecule has 3 N–H and O–H groups in total. The molecule has 0 aliphatic rings. The Morgan fingerprint density at radius 3 is 2.13 bits per heavy atom. The predicted molar refractivity (Wildman–Crippen MR) is 90.5 cm³/mol. The fraction of sp³-hybridized carbons (Fsp3) is 0.353. The number of carbonyl (C=O) groups is 2. The van der Waals surface area contributed by atoms with Crippen LogP contribution in [0.5, 0.6) is 0 Å². The molecule has 0 saturated carbocycles. The number of rotatable bonds is 3. The molecule has 2 amide bonds. The third-order valence-electron chi connectivity index (χ3n) is 3.45. The molecule has 0 bridgehead atoms. The van der Waals surface area contributed by atoms with Gasteiger partial charge in [-0.2, -0.15) is 5.10 Å². The molecule has 0 spiro atoms. The number of hydrogen-bond acceptors (Lipinski definition) is 3. The molecule has 0 saturated heterocycles. The predicted octanol–water partition coefficient (Wildman–Crippen LogP) is 3.26. The Balaban J connectivity index is 2.07. The molecule has 6 heteroatoms. The van der Waals surface area contributed by atoms with Crippen LogP contribution < -0.4 is 10.6 Å². The van der Waals surface area contributed by atoms with E-state index in [1.54, 1.807) is 24.3 Å². The summed E-state index contributed by atoms with van der Waals surface area (Å²) in [6, 6.07) is 6.79. The maximum absolute atomic E-state index is 12.3. The summed E-state index contributed by atoms with van der Waals surface area (Å²) in [5.74, 6) is -0.286. The first-order valence-electron chi connectivity index (χ1n) is 7.43. The van der Waals surface area contributed by atoms with Gasteiger partial charge < -0.3 is 10.6 Å². The molecule has 23 heavy (non-hydrogen) atoms. The second-order valence-corrected chi connectivity index (χ2v) is 6.54. The Morgan fingerprint density at radius 1 is 1.04 bits per heavy atom. The van der Waals surface area contributed by atoms with E-state index in [0.717, 1.165) is 11.4 Å². The highest BCUT2D eigenvalue weighted by molar-refractivity contribution is 6.05. The molecule has 0 fully saturated rings. The Hall–Kier alpha value is -2.63. The molecule has 0 aliphatic carbocycles. The minimum absolute atomic E-state index is 0.0700. The summed E-state index contributed by atoms with van der Waals surface area (Å²) < 4.78 is 0. The molecule has 2 rings (SSSR count). The van der Waals surface area contributed by atoms with Gasteiger partial charge in [0.05, 0.1) is 17.1 Å². The molecule has 0 unspecified atom stereocenters. The summed E-state index contributed by atoms with van der Waals surface area (Å²) in [6.07, 6.45) is 0. The van der Waals surface area contributed by atoms with E-state index < -0.39 is 5.41 Å². The first kappa shape index (κ1) is 16.7. The van der Waals surface area contributed by atoms with Gasteiger partial charge in [-0.15, -0.1) is 0 Å². The Bertz CT molecular complexity index is 705. The summed E-state index contributed by atoms with van der Waals surface area (Å²) >= 11 is 0. The van der Waals surface area contributed by atoms with Crippen LogP contribution in [0.15, 0.2) is 24.3 Å². The first-order valence-corrected chi connectivity index (χ1v) is 7.43. The van der Waals surface area contributed by atoms with E-state index >= 15 is 0 Å². The van der Waals surface area contributed by atoms with Crippen LogP contribution in [0, 0.1) is 19.3 Å².